The Hall–Kier alpha value is -1.22. The lowest BCUT2D eigenvalue weighted by molar-refractivity contribution is 0.354. The van der Waals surface area contributed by atoms with Crippen molar-refractivity contribution in [2.24, 2.45) is 0 Å². The van der Waals surface area contributed by atoms with E-state index in [-0.39, 0.29) is 0 Å². The summed E-state index contributed by atoms with van der Waals surface area (Å²) >= 11 is 0. The normalized spacial score (nSPS) is 19.8. The van der Waals surface area contributed by atoms with Gasteiger partial charge in [0.25, 0.3) is 0 Å². The van der Waals surface area contributed by atoms with Crippen molar-refractivity contribution in [1.82, 2.24) is 5.32 Å². The second kappa shape index (κ2) is 5.21. The average Bonchev–Trinajstić information content (AvgIpc) is 2.81. The van der Waals surface area contributed by atoms with Gasteiger partial charge in [-0.25, -0.2) is 0 Å². The van der Waals surface area contributed by atoms with Gasteiger partial charge >= 0.3 is 0 Å². The predicted octanol–water partition coefficient (Wildman–Crippen LogP) is 2.00. The smallest absolute Gasteiger partial charge is 0.160 e. The number of methoxy groups -OCH3 is 2. The number of ether oxygens (including phenoxy) is 2. The van der Waals surface area contributed by atoms with Crippen LogP contribution in [0.2, 0.25) is 0 Å². The number of rotatable bonds is 4. The molecule has 0 saturated carbocycles. The van der Waals surface area contributed by atoms with E-state index >= 15 is 0 Å². The molecule has 1 heterocycles. The van der Waals surface area contributed by atoms with E-state index in [1.165, 1.54) is 18.4 Å². The van der Waals surface area contributed by atoms with Crippen LogP contribution < -0.4 is 14.8 Å². The molecule has 3 nitrogen and oxygen atoms in total. The minimum Gasteiger partial charge on any atom is -0.493 e. The van der Waals surface area contributed by atoms with Crippen molar-refractivity contribution in [3.8, 4) is 11.5 Å². The Balaban J connectivity index is 2.09. The van der Waals surface area contributed by atoms with Crippen LogP contribution in [-0.4, -0.2) is 26.8 Å². The Morgan fingerprint density at radius 2 is 2.06 bits per heavy atom. The molecule has 0 unspecified atom stereocenters. The highest BCUT2D eigenvalue weighted by Crippen LogP contribution is 2.28. The maximum atomic E-state index is 5.30. The van der Waals surface area contributed by atoms with E-state index in [2.05, 4.69) is 17.4 Å². The maximum absolute atomic E-state index is 5.30. The van der Waals surface area contributed by atoms with E-state index in [1.807, 2.05) is 6.07 Å². The molecule has 1 fully saturated rings. The summed E-state index contributed by atoms with van der Waals surface area (Å²) in [6.45, 7) is 1.15. The summed E-state index contributed by atoms with van der Waals surface area (Å²) in [6, 6.07) is 6.78. The minimum atomic E-state index is 0.623. The van der Waals surface area contributed by atoms with E-state index in [9.17, 15) is 0 Å². The predicted molar refractivity (Wildman–Crippen MR) is 64.3 cm³/mol. The van der Waals surface area contributed by atoms with Crippen molar-refractivity contribution in [2.75, 3.05) is 20.8 Å². The van der Waals surface area contributed by atoms with Gasteiger partial charge in [-0.15, -0.1) is 0 Å². The second-order valence-corrected chi connectivity index (χ2v) is 4.19. The largest absolute Gasteiger partial charge is 0.493 e. The van der Waals surface area contributed by atoms with Crippen molar-refractivity contribution >= 4 is 0 Å². The van der Waals surface area contributed by atoms with Gasteiger partial charge < -0.3 is 14.8 Å². The van der Waals surface area contributed by atoms with Crippen LogP contribution in [0.1, 0.15) is 18.4 Å². The molecule has 1 saturated heterocycles. The van der Waals surface area contributed by atoms with Crippen LogP contribution in [0.4, 0.5) is 0 Å². The SMILES string of the molecule is COc1ccc(C[C@@H]2CCCN2)cc1OC. The molecule has 1 aromatic rings. The summed E-state index contributed by atoms with van der Waals surface area (Å²) in [5.74, 6) is 1.61. The Bertz CT molecular complexity index is 346. The van der Waals surface area contributed by atoms with E-state index in [0.29, 0.717) is 6.04 Å². The molecule has 16 heavy (non-hydrogen) atoms. The maximum Gasteiger partial charge on any atom is 0.160 e. The Morgan fingerprint density at radius 1 is 1.25 bits per heavy atom. The molecule has 88 valence electrons. The van der Waals surface area contributed by atoms with Gasteiger partial charge in [0.05, 0.1) is 14.2 Å². The minimum absolute atomic E-state index is 0.623. The molecule has 1 aliphatic rings. The van der Waals surface area contributed by atoms with Gasteiger partial charge in [0.1, 0.15) is 0 Å². The van der Waals surface area contributed by atoms with Crippen LogP contribution in [-0.2, 0) is 6.42 Å². The lowest BCUT2D eigenvalue weighted by Crippen LogP contribution is -2.23. The molecule has 1 atom stereocenters. The summed E-state index contributed by atoms with van der Waals surface area (Å²) in [5.41, 5.74) is 1.30. The van der Waals surface area contributed by atoms with Crippen LogP contribution in [0.25, 0.3) is 0 Å². The average molecular weight is 221 g/mol. The monoisotopic (exact) mass is 221 g/mol. The number of benzene rings is 1. The first-order valence-corrected chi connectivity index (χ1v) is 5.78. The van der Waals surface area contributed by atoms with Gasteiger partial charge in [-0.05, 0) is 43.5 Å². The molecule has 0 radical (unpaired) electrons. The quantitative estimate of drug-likeness (QED) is 0.843. The zero-order valence-electron chi connectivity index (χ0n) is 9.95. The Morgan fingerprint density at radius 3 is 2.69 bits per heavy atom. The molecule has 0 aliphatic carbocycles. The van der Waals surface area contributed by atoms with Crippen molar-refractivity contribution < 1.29 is 9.47 Å². The first kappa shape index (κ1) is 11.3. The highest BCUT2D eigenvalue weighted by Gasteiger charge is 2.15. The molecule has 1 aliphatic heterocycles. The third-order valence-corrected chi connectivity index (χ3v) is 3.09. The molecular weight excluding hydrogens is 202 g/mol. The van der Waals surface area contributed by atoms with E-state index in [4.69, 9.17) is 9.47 Å². The van der Waals surface area contributed by atoms with Crippen LogP contribution in [0.3, 0.4) is 0 Å². The van der Waals surface area contributed by atoms with Gasteiger partial charge in [0.2, 0.25) is 0 Å². The third kappa shape index (κ3) is 2.47. The zero-order valence-corrected chi connectivity index (χ0v) is 9.95. The number of hydrogen-bond donors (Lipinski definition) is 1. The van der Waals surface area contributed by atoms with E-state index in [0.717, 1.165) is 24.5 Å². The van der Waals surface area contributed by atoms with Crippen LogP contribution in [0.15, 0.2) is 18.2 Å². The summed E-state index contributed by atoms with van der Waals surface area (Å²) in [7, 11) is 3.34. The topological polar surface area (TPSA) is 30.5 Å². The fourth-order valence-electron chi connectivity index (χ4n) is 2.22. The highest BCUT2D eigenvalue weighted by molar-refractivity contribution is 5.43. The highest BCUT2D eigenvalue weighted by atomic mass is 16.5. The lowest BCUT2D eigenvalue weighted by atomic mass is 10.0. The zero-order chi connectivity index (χ0) is 11.4. The van der Waals surface area contributed by atoms with Crippen LogP contribution >= 0.6 is 0 Å². The lowest BCUT2D eigenvalue weighted by Gasteiger charge is -2.13. The fourth-order valence-corrected chi connectivity index (χ4v) is 2.22. The fraction of sp³-hybridized carbons (Fsp3) is 0.538. The van der Waals surface area contributed by atoms with E-state index in [1.54, 1.807) is 14.2 Å². The Labute approximate surface area is 96.8 Å². The molecule has 0 bridgehead atoms. The molecule has 0 amide bonds. The van der Waals surface area contributed by atoms with Crippen molar-refractivity contribution in [3.05, 3.63) is 23.8 Å². The van der Waals surface area contributed by atoms with Crippen molar-refractivity contribution in [2.45, 2.75) is 25.3 Å². The molecule has 1 N–H and O–H groups in total. The standard InChI is InChI=1S/C13H19NO2/c1-15-12-6-5-10(9-13(12)16-2)8-11-4-3-7-14-11/h5-6,9,11,14H,3-4,7-8H2,1-2H3/t11-/m0/s1. The van der Waals surface area contributed by atoms with Crippen molar-refractivity contribution in [3.63, 3.8) is 0 Å². The summed E-state index contributed by atoms with van der Waals surface area (Å²) in [6.07, 6.45) is 3.63. The number of hydrogen-bond acceptors (Lipinski definition) is 3. The first-order valence-electron chi connectivity index (χ1n) is 5.78. The van der Waals surface area contributed by atoms with E-state index < -0.39 is 0 Å². The molecule has 0 aromatic heterocycles. The van der Waals surface area contributed by atoms with Crippen LogP contribution in [0.5, 0.6) is 11.5 Å². The van der Waals surface area contributed by atoms with Crippen molar-refractivity contribution in [1.29, 1.82) is 0 Å². The molecule has 1 aromatic carbocycles. The summed E-state index contributed by atoms with van der Waals surface area (Å²) < 4.78 is 10.5. The molecule has 2 rings (SSSR count). The Kier molecular flexibility index (Phi) is 3.67. The number of nitrogens with one attached hydrogen (secondary N) is 1. The van der Waals surface area contributed by atoms with Gasteiger partial charge in [-0.3, -0.25) is 0 Å². The summed E-state index contributed by atoms with van der Waals surface area (Å²) in [5, 5.41) is 3.50. The first-order chi connectivity index (χ1) is 7.83. The molecular formula is C13H19NO2. The van der Waals surface area contributed by atoms with Gasteiger partial charge in [0, 0.05) is 6.04 Å². The third-order valence-electron chi connectivity index (χ3n) is 3.09. The van der Waals surface area contributed by atoms with Gasteiger partial charge in [-0.2, -0.15) is 0 Å². The van der Waals surface area contributed by atoms with Gasteiger partial charge in [-0.1, -0.05) is 6.07 Å². The summed E-state index contributed by atoms with van der Waals surface area (Å²) in [4.78, 5) is 0. The van der Waals surface area contributed by atoms with Crippen LogP contribution in [0, 0.1) is 0 Å². The second-order valence-electron chi connectivity index (χ2n) is 4.19. The van der Waals surface area contributed by atoms with Gasteiger partial charge in [0.15, 0.2) is 11.5 Å². The molecule has 3 heteroatoms. The molecule has 0 spiro atoms.